The molecule has 136 valence electrons. The molecule has 0 unspecified atom stereocenters. The largest absolute Gasteiger partial charge is 0.628 e. The van der Waals surface area contributed by atoms with E-state index in [1.54, 1.807) is 0 Å². The Morgan fingerprint density at radius 1 is 0.652 bits per heavy atom. The maximum Gasteiger partial charge on any atom is 0.628 e. The van der Waals surface area contributed by atoms with Crippen LogP contribution in [0.4, 0.5) is 0 Å². The van der Waals surface area contributed by atoms with Gasteiger partial charge in [0.15, 0.2) is 8.32 Å². The lowest BCUT2D eigenvalue weighted by atomic mass is 10.5. The zero-order valence-corrected chi connectivity index (χ0v) is 18.4. The zero-order valence-electron chi connectivity index (χ0n) is 16.4. The van der Waals surface area contributed by atoms with Gasteiger partial charge in [-0.3, -0.25) is 9.59 Å². The monoisotopic (exact) mass is 362 g/mol. The summed E-state index contributed by atoms with van der Waals surface area (Å²) in [7, 11) is -5.81. The highest BCUT2D eigenvalue weighted by Gasteiger charge is 2.60. The molecule has 0 aliphatic carbocycles. The highest BCUT2D eigenvalue weighted by molar-refractivity contribution is 6.86. The Kier molecular flexibility index (Phi) is 8.19. The van der Waals surface area contributed by atoms with Gasteiger partial charge in [-0.2, -0.15) is 0 Å². The summed E-state index contributed by atoms with van der Waals surface area (Å²) in [6, 6.07) is 0. The molecular weight excluding hydrogens is 328 g/mol. The molecule has 5 nitrogen and oxygen atoms in total. The van der Waals surface area contributed by atoms with Crippen molar-refractivity contribution in [3.63, 3.8) is 0 Å². The van der Waals surface area contributed by atoms with Gasteiger partial charge in [0.25, 0.3) is 11.9 Å². The topological polar surface area (TPSA) is 61.8 Å². The average Bonchev–Trinajstić information content (AvgIpc) is 2.32. The van der Waals surface area contributed by atoms with Crippen molar-refractivity contribution in [1.82, 2.24) is 0 Å². The molecule has 0 rings (SSSR count). The van der Waals surface area contributed by atoms with Crippen molar-refractivity contribution in [2.75, 3.05) is 0 Å². The smallest absolute Gasteiger partial charge is 0.465 e. The highest BCUT2D eigenvalue weighted by Crippen LogP contribution is 2.46. The highest BCUT2D eigenvalue weighted by atomic mass is 28.5. The molecular formula is C16H34O5Si2. The van der Waals surface area contributed by atoms with Crippen molar-refractivity contribution in [2.24, 2.45) is 0 Å². The summed E-state index contributed by atoms with van der Waals surface area (Å²) in [6.07, 6.45) is 0. The van der Waals surface area contributed by atoms with E-state index in [0.29, 0.717) is 16.6 Å². The van der Waals surface area contributed by atoms with Gasteiger partial charge < -0.3 is 13.0 Å². The summed E-state index contributed by atoms with van der Waals surface area (Å²) in [6.45, 7) is 19.3. The van der Waals surface area contributed by atoms with Crippen LogP contribution in [-0.4, -0.2) is 29.1 Å². The number of rotatable bonds is 8. The second-order valence-electron chi connectivity index (χ2n) is 7.37. The fraction of sp³-hybridized carbons (Fsp3) is 0.875. The molecule has 0 spiro atoms. The van der Waals surface area contributed by atoms with E-state index in [-0.39, 0.29) is 5.54 Å². The molecule has 0 atom stereocenters. The first kappa shape index (κ1) is 22.3. The molecule has 0 saturated heterocycles. The molecule has 23 heavy (non-hydrogen) atoms. The second kappa shape index (κ2) is 8.44. The third kappa shape index (κ3) is 5.15. The van der Waals surface area contributed by atoms with E-state index in [1.165, 1.54) is 13.8 Å². The van der Waals surface area contributed by atoms with Crippen LogP contribution in [0.3, 0.4) is 0 Å². The van der Waals surface area contributed by atoms with Crippen molar-refractivity contribution in [3.05, 3.63) is 0 Å². The third-order valence-electron chi connectivity index (χ3n) is 4.31. The van der Waals surface area contributed by atoms with Crippen LogP contribution in [0.1, 0.15) is 69.2 Å². The lowest BCUT2D eigenvalue weighted by Crippen LogP contribution is -2.62. The van der Waals surface area contributed by atoms with Crippen molar-refractivity contribution >= 4 is 29.1 Å². The molecule has 0 aromatic heterocycles. The summed E-state index contributed by atoms with van der Waals surface area (Å²) in [5.74, 6) is -0.934. The average molecular weight is 363 g/mol. The van der Waals surface area contributed by atoms with Gasteiger partial charge in [0.1, 0.15) is 0 Å². The predicted octanol–water partition coefficient (Wildman–Crippen LogP) is 4.65. The number of carbonyl (C=O) groups is 2. The number of hydrogen-bond acceptors (Lipinski definition) is 5. The molecule has 0 amide bonds. The van der Waals surface area contributed by atoms with Gasteiger partial charge in [-0.1, -0.05) is 55.4 Å². The molecule has 0 N–H and O–H groups in total. The first-order chi connectivity index (χ1) is 10.3. The van der Waals surface area contributed by atoms with E-state index in [1.807, 2.05) is 13.8 Å². The molecule has 0 aliphatic rings. The van der Waals surface area contributed by atoms with Crippen LogP contribution in [0.25, 0.3) is 0 Å². The minimum absolute atomic E-state index is 0.182. The van der Waals surface area contributed by atoms with Crippen LogP contribution >= 0.6 is 0 Å². The molecule has 0 saturated carbocycles. The fourth-order valence-corrected chi connectivity index (χ4v) is 14.8. The van der Waals surface area contributed by atoms with E-state index in [2.05, 4.69) is 41.5 Å². The Labute approximate surface area is 143 Å². The summed E-state index contributed by atoms with van der Waals surface area (Å²) in [4.78, 5) is 23.4. The van der Waals surface area contributed by atoms with Gasteiger partial charge in [0.05, 0.1) is 0 Å². The standard InChI is InChI=1S/C16H34O5Si2/c1-11(2)22(12(3)4,13(5)6)21-23(14(7)8,19-15(9)17)20-16(10)18/h11-14H,1-10H3. The zero-order chi connectivity index (χ0) is 18.6. The Morgan fingerprint density at radius 2 is 0.957 bits per heavy atom. The van der Waals surface area contributed by atoms with Crippen molar-refractivity contribution in [3.8, 4) is 0 Å². The summed E-state index contributed by atoms with van der Waals surface area (Å²) < 4.78 is 17.9. The first-order valence-corrected chi connectivity index (χ1v) is 12.3. The van der Waals surface area contributed by atoms with Crippen LogP contribution in [-0.2, 0) is 22.6 Å². The minimum Gasteiger partial charge on any atom is -0.465 e. The lowest BCUT2D eigenvalue weighted by Gasteiger charge is -2.47. The van der Waals surface area contributed by atoms with Gasteiger partial charge >= 0.3 is 8.80 Å². The van der Waals surface area contributed by atoms with E-state index in [4.69, 9.17) is 13.0 Å². The predicted molar refractivity (Wildman–Crippen MR) is 96.5 cm³/mol. The molecule has 0 bridgehead atoms. The number of hydrogen-bond donors (Lipinski definition) is 0. The van der Waals surface area contributed by atoms with E-state index in [9.17, 15) is 9.59 Å². The van der Waals surface area contributed by atoms with Crippen LogP contribution in [0, 0.1) is 0 Å². The molecule has 0 aliphatic heterocycles. The maximum absolute atomic E-state index is 11.7. The van der Waals surface area contributed by atoms with Gasteiger partial charge in [-0.15, -0.1) is 0 Å². The lowest BCUT2D eigenvalue weighted by molar-refractivity contribution is -0.142. The molecule has 7 heteroatoms. The van der Waals surface area contributed by atoms with Crippen LogP contribution in [0.2, 0.25) is 22.2 Å². The van der Waals surface area contributed by atoms with Crippen LogP contribution in [0.5, 0.6) is 0 Å². The van der Waals surface area contributed by atoms with Gasteiger partial charge in [0.2, 0.25) is 0 Å². The quantitative estimate of drug-likeness (QED) is 0.588. The van der Waals surface area contributed by atoms with E-state index >= 15 is 0 Å². The Hall–Kier alpha value is -0.666. The summed E-state index contributed by atoms with van der Waals surface area (Å²) in [5, 5.41) is 0. The molecule has 0 aromatic carbocycles. The van der Waals surface area contributed by atoms with Gasteiger partial charge in [-0.25, -0.2) is 0 Å². The van der Waals surface area contributed by atoms with E-state index < -0.39 is 29.1 Å². The van der Waals surface area contributed by atoms with Crippen LogP contribution < -0.4 is 0 Å². The Morgan fingerprint density at radius 3 is 1.13 bits per heavy atom. The molecule has 0 radical (unpaired) electrons. The van der Waals surface area contributed by atoms with E-state index in [0.717, 1.165) is 0 Å². The molecule has 0 heterocycles. The number of carbonyl (C=O) groups excluding carboxylic acids is 2. The third-order valence-corrected chi connectivity index (χ3v) is 14.8. The molecule has 0 fully saturated rings. The fourth-order valence-electron chi connectivity index (χ4n) is 3.42. The first-order valence-electron chi connectivity index (χ1n) is 8.41. The normalized spacial score (nSPS) is 13.1. The van der Waals surface area contributed by atoms with Crippen molar-refractivity contribution in [1.29, 1.82) is 0 Å². The summed E-state index contributed by atoms with van der Waals surface area (Å²) >= 11 is 0. The van der Waals surface area contributed by atoms with Crippen molar-refractivity contribution in [2.45, 2.75) is 91.4 Å². The Bertz CT molecular complexity index is 381. The Balaban J connectivity index is 6.14. The summed E-state index contributed by atoms with van der Waals surface area (Å²) in [5.41, 5.74) is 0.733. The van der Waals surface area contributed by atoms with Gasteiger partial charge in [0, 0.05) is 19.4 Å². The SMILES string of the molecule is CC(=O)O[Si](OC(C)=O)(O[Si](C(C)C)(C(C)C)C(C)C)C(C)C. The maximum atomic E-state index is 11.7. The second-order valence-corrected chi connectivity index (χ2v) is 16.1. The minimum atomic E-state index is -3.46. The van der Waals surface area contributed by atoms with Crippen molar-refractivity contribution < 1.29 is 22.6 Å². The van der Waals surface area contributed by atoms with Gasteiger partial charge in [-0.05, 0) is 16.6 Å². The molecule has 0 aromatic rings. The van der Waals surface area contributed by atoms with Crippen LogP contribution in [0.15, 0.2) is 0 Å².